The van der Waals surface area contributed by atoms with E-state index in [0.717, 1.165) is 25.7 Å². The summed E-state index contributed by atoms with van der Waals surface area (Å²) in [6.07, 6.45) is 7.34. The van der Waals surface area contributed by atoms with Gasteiger partial charge in [0.15, 0.2) is 5.78 Å². The van der Waals surface area contributed by atoms with E-state index in [2.05, 4.69) is 10.0 Å². The fourth-order valence-electron chi connectivity index (χ4n) is 2.44. The highest BCUT2D eigenvalue weighted by atomic mass is 16.7. The van der Waals surface area contributed by atoms with E-state index in [4.69, 9.17) is 10.4 Å². The van der Waals surface area contributed by atoms with Crippen LogP contribution in [0, 0.1) is 5.92 Å². The molecule has 0 aromatic carbocycles. The Balaban J connectivity index is 1.64. The Morgan fingerprint density at radius 1 is 1.30 bits per heavy atom. The molecule has 1 heterocycles. The minimum atomic E-state index is -0.522. The van der Waals surface area contributed by atoms with Crippen LogP contribution in [-0.2, 0) is 14.4 Å². The zero-order valence-corrected chi connectivity index (χ0v) is 11.3. The van der Waals surface area contributed by atoms with Crippen LogP contribution >= 0.6 is 0 Å². The Bertz CT molecular complexity index is 457. The van der Waals surface area contributed by atoms with Gasteiger partial charge >= 0.3 is 0 Å². The van der Waals surface area contributed by atoms with Crippen molar-refractivity contribution in [1.29, 1.82) is 0 Å². The molecule has 1 aliphatic carbocycles. The van der Waals surface area contributed by atoms with E-state index in [1.807, 2.05) is 0 Å². The molecule has 0 N–H and O–H groups in total. The summed E-state index contributed by atoms with van der Waals surface area (Å²) in [7, 11) is 0. The van der Waals surface area contributed by atoms with Crippen LogP contribution in [0.25, 0.3) is 10.4 Å². The maximum atomic E-state index is 11.8. The lowest BCUT2D eigenvalue weighted by molar-refractivity contribution is -0.202. The number of hydroxylamine groups is 2. The molecule has 7 nitrogen and oxygen atoms in total. The largest absolute Gasteiger partial charge is 0.296 e. The second-order valence-corrected chi connectivity index (χ2v) is 4.96. The third-order valence-electron chi connectivity index (χ3n) is 3.52. The number of nitrogens with zero attached hydrogens (tertiary/aromatic N) is 4. The van der Waals surface area contributed by atoms with Gasteiger partial charge in [0.2, 0.25) is 5.91 Å². The van der Waals surface area contributed by atoms with Crippen LogP contribution in [0.4, 0.5) is 0 Å². The van der Waals surface area contributed by atoms with Gasteiger partial charge in [-0.2, -0.15) is 0 Å². The second-order valence-electron chi connectivity index (χ2n) is 4.96. The predicted octanol–water partition coefficient (Wildman–Crippen LogP) is 2.14. The summed E-state index contributed by atoms with van der Waals surface area (Å²) in [5.41, 5.74) is 8.12. The van der Waals surface area contributed by atoms with E-state index in [0.29, 0.717) is 13.2 Å². The number of fused-ring (bicyclic) bond motifs is 2. The Labute approximate surface area is 117 Å². The summed E-state index contributed by atoms with van der Waals surface area (Å²) >= 11 is 0. The first-order chi connectivity index (χ1) is 9.74. The third-order valence-corrected chi connectivity index (χ3v) is 3.52. The van der Waals surface area contributed by atoms with Crippen LogP contribution in [0.2, 0.25) is 0 Å². The van der Waals surface area contributed by atoms with Gasteiger partial charge in [-0.25, -0.2) is 5.06 Å². The molecule has 0 aromatic heterocycles. The molecule has 2 atom stereocenters. The average molecular weight is 278 g/mol. The number of amides is 1. The Morgan fingerprint density at radius 2 is 2.10 bits per heavy atom. The van der Waals surface area contributed by atoms with Gasteiger partial charge in [-0.15, -0.1) is 0 Å². The molecule has 2 aliphatic rings. The van der Waals surface area contributed by atoms with Crippen molar-refractivity contribution < 1.29 is 14.4 Å². The molecule has 1 aliphatic heterocycles. The summed E-state index contributed by atoms with van der Waals surface area (Å²) in [6, 6.07) is -0.522. The number of rotatable bonds is 8. The molecular weight excluding hydrogens is 260 g/mol. The molecule has 1 fully saturated rings. The molecule has 20 heavy (non-hydrogen) atoms. The number of allylic oxidation sites excluding steroid dienone is 1. The van der Waals surface area contributed by atoms with Gasteiger partial charge in [-0.3, -0.25) is 14.4 Å². The normalized spacial score (nSPS) is 24.1. The fourth-order valence-corrected chi connectivity index (χ4v) is 2.44. The highest BCUT2D eigenvalue weighted by Crippen LogP contribution is 2.28. The molecule has 2 bridgehead atoms. The first kappa shape index (κ1) is 14.6. The van der Waals surface area contributed by atoms with Gasteiger partial charge in [0.1, 0.15) is 6.04 Å². The van der Waals surface area contributed by atoms with Crippen molar-refractivity contribution in [3.8, 4) is 0 Å². The Kier molecular flexibility index (Phi) is 5.15. The first-order valence-electron chi connectivity index (χ1n) is 6.92. The van der Waals surface area contributed by atoms with Gasteiger partial charge in [-0.1, -0.05) is 30.1 Å². The number of hydrogen-bond acceptors (Lipinski definition) is 4. The second kappa shape index (κ2) is 7.07. The lowest BCUT2D eigenvalue weighted by Crippen LogP contribution is -2.48. The SMILES string of the molecule is [N-]=[N+]=NCCCCCCON1C(=O)CC2C=CC1C2=O. The highest BCUT2D eigenvalue weighted by molar-refractivity contribution is 6.01. The highest BCUT2D eigenvalue weighted by Gasteiger charge is 2.43. The number of hydrogen-bond donors (Lipinski definition) is 0. The Hall–Kier alpha value is -1.85. The smallest absolute Gasteiger partial charge is 0.248 e. The summed E-state index contributed by atoms with van der Waals surface area (Å²) in [5, 5.41) is 4.68. The van der Waals surface area contributed by atoms with E-state index in [1.165, 1.54) is 5.06 Å². The maximum Gasteiger partial charge on any atom is 0.248 e. The number of carbonyl (C=O) groups excluding carboxylic acids is 2. The fraction of sp³-hybridized carbons (Fsp3) is 0.692. The van der Waals surface area contributed by atoms with Gasteiger partial charge < -0.3 is 0 Å². The molecule has 108 valence electrons. The van der Waals surface area contributed by atoms with Crippen molar-refractivity contribution in [3.63, 3.8) is 0 Å². The molecule has 2 rings (SSSR count). The quantitative estimate of drug-likeness (QED) is 0.224. The molecule has 1 amide bonds. The first-order valence-corrected chi connectivity index (χ1v) is 6.92. The van der Waals surface area contributed by atoms with E-state index < -0.39 is 6.04 Å². The minimum Gasteiger partial charge on any atom is -0.296 e. The average Bonchev–Trinajstić information content (AvgIpc) is 2.69. The van der Waals surface area contributed by atoms with E-state index in [1.54, 1.807) is 12.2 Å². The number of carbonyl (C=O) groups is 2. The number of unbranched alkanes of at least 4 members (excludes halogenated alkanes) is 3. The van der Waals surface area contributed by atoms with Crippen LogP contribution in [0.5, 0.6) is 0 Å². The summed E-state index contributed by atoms with van der Waals surface area (Å²) in [4.78, 5) is 31.7. The topological polar surface area (TPSA) is 95.4 Å². The Morgan fingerprint density at radius 3 is 2.90 bits per heavy atom. The van der Waals surface area contributed by atoms with Crippen LogP contribution in [0.3, 0.4) is 0 Å². The molecule has 7 heteroatoms. The van der Waals surface area contributed by atoms with Gasteiger partial charge in [0.25, 0.3) is 0 Å². The summed E-state index contributed by atoms with van der Waals surface area (Å²) in [5.74, 6) is -0.306. The minimum absolute atomic E-state index is 0.0546. The molecule has 2 unspecified atom stereocenters. The maximum absolute atomic E-state index is 11.8. The van der Waals surface area contributed by atoms with E-state index >= 15 is 0 Å². The molecule has 1 saturated heterocycles. The number of piperidine rings is 1. The van der Waals surface area contributed by atoms with Crippen LogP contribution < -0.4 is 0 Å². The zero-order valence-electron chi connectivity index (χ0n) is 11.3. The summed E-state index contributed by atoms with van der Waals surface area (Å²) < 4.78 is 0. The van der Waals surface area contributed by atoms with Crippen molar-refractivity contribution in [2.24, 2.45) is 11.0 Å². The number of ketones is 1. The van der Waals surface area contributed by atoms with Crippen molar-refractivity contribution in [2.45, 2.75) is 38.1 Å². The van der Waals surface area contributed by atoms with E-state index in [-0.39, 0.29) is 24.0 Å². The zero-order chi connectivity index (χ0) is 14.4. The van der Waals surface area contributed by atoms with Crippen LogP contribution in [-0.4, -0.2) is 35.9 Å². The van der Waals surface area contributed by atoms with Gasteiger partial charge in [0.05, 0.1) is 6.61 Å². The standard InChI is InChI=1S/C13H18N4O3/c14-16-15-7-3-1-2-4-8-20-17-11-6-5-10(13(11)19)9-12(17)18/h5-6,10-11H,1-4,7-9H2. The lowest BCUT2D eigenvalue weighted by atomic mass is 9.97. The third kappa shape index (κ3) is 3.37. The summed E-state index contributed by atoms with van der Waals surface area (Å²) in [6.45, 7) is 0.945. The van der Waals surface area contributed by atoms with Crippen molar-refractivity contribution in [2.75, 3.05) is 13.2 Å². The molecule has 0 radical (unpaired) electrons. The van der Waals surface area contributed by atoms with Crippen molar-refractivity contribution in [3.05, 3.63) is 22.6 Å². The van der Waals surface area contributed by atoms with E-state index in [9.17, 15) is 9.59 Å². The van der Waals surface area contributed by atoms with Gasteiger partial charge in [0, 0.05) is 23.8 Å². The predicted molar refractivity (Wildman–Crippen MR) is 71.3 cm³/mol. The number of Topliss-reactive ketones (excluding diaryl/α,β-unsaturated/α-hetero) is 1. The molecular formula is C13H18N4O3. The van der Waals surface area contributed by atoms with Crippen LogP contribution in [0.15, 0.2) is 17.3 Å². The molecule has 0 spiro atoms. The van der Waals surface area contributed by atoms with Crippen molar-refractivity contribution >= 4 is 11.7 Å². The lowest BCUT2D eigenvalue weighted by Gasteiger charge is -2.30. The molecule has 0 saturated carbocycles. The monoisotopic (exact) mass is 278 g/mol. The number of azide groups is 1. The van der Waals surface area contributed by atoms with Crippen molar-refractivity contribution in [1.82, 2.24) is 5.06 Å². The van der Waals surface area contributed by atoms with Gasteiger partial charge in [-0.05, 0) is 18.4 Å². The molecule has 0 aromatic rings. The van der Waals surface area contributed by atoms with Crippen LogP contribution in [0.1, 0.15) is 32.1 Å².